The largest absolute Gasteiger partial charge is 0.324 e. The van der Waals surface area contributed by atoms with Crippen LogP contribution in [0.3, 0.4) is 0 Å². The first-order chi connectivity index (χ1) is 17.6. The molecule has 36 heavy (non-hydrogen) atoms. The molecule has 0 radical (unpaired) electrons. The predicted octanol–water partition coefficient (Wildman–Crippen LogP) is 4.91. The lowest BCUT2D eigenvalue weighted by Crippen LogP contribution is -2.14. The molecule has 2 heterocycles. The first-order valence-corrected chi connectivity index (χ1v) is 11.3. The number of rotatable bonds is 8. The van der Waals surface area contributed by atoms with Crippen LogP contribution in [-0.4, -0.2) is 37.7 Å². The topological polar surface area (TPSA) is 101 Å². The Kier molecular flexibility index (Phi) is 6.35. The van der Waals surface area contributed by atoms with Crippen LogP contribution in [0.25, 0.3) is 10.9 Å². The summed E-state index contributed by atoms with van der Waals surface area (Å²) in [6.07, 6.45) is 4.57. The van der Waals surface area contributed by atoms with Crippen molar-refractivity contribution in [2.75, 3.05) is 22.6 Å². The third-order valence-electron chi connectivity index (χ3n) is 5.64. The molecule has 9 heteroatoms. The summed E-state index contributed by atoms with van der Waals surface area (Å²) < 4.78 is 1.99. The maximum Gasteiger partial charge on any atom is 0.247 e. The number of aromatic nitrogens is 5. The number of carbonyl (C=O) groups is 1. The van der Waals surface area contributed by atoms with Gasteiger partial charge >= 0.3 is 0 Å². The number of nitrogens with zero attached hydrogens (tertiary/aromatic N) is 6. The van der Waals surface area contributed by atoms with Crippen molar-refractivity contribution >= 4 is 45.8 Å². The van der Waals surface area contributed by atoms with E-state index in [0.717, 1.165) is 22.3 Å². The van der Waals surface area contributed by atoms with Gasteiger partial charge in [0.15, 0.2) is 0 Å². The van der Waals surface area contributed by atoms with Gasteiger partial charge in [-0.05, 0) is 54.1 Å². The summed E-state index contributed by atoms with van der Waals surface area (Å²) in [4.78, 5) is 26.5. The van der Waals surface area contributed by atoms with Gasteiger partial charge in [-0.25, -0.2) is 9.97 Å². The highest BCUT2D eigenvalue weighted by molar-refractivity contribution is 5.98. The summed E-state index contributed by atoms with van der Waals surface area (Å²) in [6.45, 7) is 4.16. The van der Waals surface area contributed by atoms with Crippen LogP contribution in [0.1, 0.15) is 5.56 Å². The second-order valence-corrected chi connectivity index (χ2v) is 8.09. The van der Waals surface area contributed by atoms with E-state index in [1.165, 1.54) is 18.0 Å². The molecular formula is C27H24N8O. The first kappa shape index (κ1) is 22.7. The molecule has 178 valence electrons. The van der Waals surface area contributed by atoms with Crippen LogP contribution < -0.4 is 15.5 Å². The minimum atomic E-state index is -0.261. The van der Waals surface area contributed by atoms with Gasteiger partial charge in [0.25, 0.3) is 0 Å². The number of anilines is 5. The van der Waals surface area contributed by atoms with Gasteiger partial charge in [0.2, 0.25) is 17.8 Å². The van der Waals surface area contributed by atoms with Crippen molar-refractivity contribution in [2.45, 2.75) is 6.54 Å². The van der Waals surface area contributed by atoms with E-state index in [-0.39, 0.29) is 5.91 Å². The van der Waals surface area contributed by atoms with Gasteiger partial charge in [0, 0.05) is 29.5 Å². The Hall–Kier alpha value is -5.05. The van der Waals surface area contributed by atoms with Gasteiger partial charge in [-0.3, -0.25) is 9.48 Å². The summed E-state index contributed by atoms with van der Waals surface area (Å²) in [7, 11) is 1.91. The Bertz CT molecular complexity index is 1510. The standard InChI is InChI=1S/C27H24N8O/c1-3-25(36)31-21-9-11-22(12-10-21)32-26-28-18-29-27(33-26)34(2)23-13-14-24-20(15-23)16-30-35(24)17-19-7-5-4-6-8-19/h3-16,18H,1,17H2,2H3,(H,31,36)(H,28,29,32,33). The van der Waals surface area contributed by atoms with E-state index in [2.05, 4.69) is 61.5 Å². The SMILES string of the molecule is C=CC(=O)Nc1ccc(Nc2ncnc(N(C)c3ccc4c(cnn4Cc4ccccc4)c3)n2)cc1. The number of hydrogen-bond donors (Lipinski definition) is 2. The lowest BCUT2D eigenvalue weighted by atomic mass is 10.2. The Morgan fingerprint density at radius 2 is 1.81 bits per heavy atom. The fourth-order valence-electron chi connectivity index (χ4n) is 3.75. The molecule has 0 aliphatic heterocycles. The molecule has 0 spiro atoms. The van der Waals surface area contributed by atoms with E-state index in [1.807, 2.05) is 59.2 Å². The highest BCUT2D eigenvalue weighted by Gasteiger charge is 2.12. The number of carbonyl (C=O) groups excluding carboxylic acids is 1. The van der Waals surface area contributed by atoms with Crippen molar-refractivity contribution in [1.29, 1.82) is 0 Å². The van der Waals surface area contributed by atoms with E-state index in [1.54, 1.807) is 12.1 Å². The number of hydrogen-bond acceptors (Lipinski definition) is 7. The van der Waals surface area contributed by atoms with Gasteiger partial charge in [-0.1, -0.05) is 36.9 Å². The van der Waals surface area contributed by atoms with Gasteiger partial charge in [0.1, 0.15) is 6.33 Å². The monoisotopic (exact) mass is 476 g/mol. The summed E-state index contributed by atoms with van der Waals surface area (Å²) in [5.74, 6) is 0.646. The van der Waals surface area contributed by atoms with Crippen molar-refractivity contribution in [2.24, 2.45) is 0 Å². The van der Waals surface area contributed by atoms with Crippen LogP contribution in [0.5, 0.6) is 0 Å². The van der Waals surface area contributed by atoms with Crippen molar-refractivity contribution in [3.8, 4) is 0 Å². The van der Waals surface area contributed by atoms with E-state index < -0.39 is 0 Å². The molecule has 0 atom stereocenters. The third kappa shape index (κ3) is 5.05. The molecule has 2 aromatic heterocycles. The molecule has 3 aromatic carbocycles. The number of amides is 1. The zero-order valence-electron chi connectivity index (χ0n) is 19.7. The van der Waals surface area contributed by atoms with Gasteiger partial charge < -0.3 is 15.5 Å². The third-order valence-corrected chi connectivity index (χ3v) is 5.64. The van der Waals surface area contributed by atoms with Gasteiger partial charge in [-0.15, -0.1) is 0 Å². The molecule has 0 aliphatic rings. The molecule has 1 amide bonds. The molecule has 0 saturated heterocycles. The molecule has 0 unspecified atom stereocenters. The number of benzene rings is 3. The Morgan fingerprint density at radius 1 is 1.03 bits per heavy atom. The van der Waals surface area contributed by atoms with E-state index >= 15 is 0 Å². The Morgan fingerprint density at radius 3 is 2.58 bits per heavy atom. The van der Waals surface area contributed by atoms with Crippen LogP contribution in [0.15, 0.2) is 98.0 Å². The highest BCUT2D eigenvalue weighted by Crippen LogP contribution is 2.26. The fourth-order valence-corrected chi connectivity index (χ4v) is 3.75. The molecule has 2 N–H and O–H groups in total. The lowest BCUT2D eigenvalue weighted by molar-refractivity contribution is -0.111. The van der Waals surface area contributed by atoms with E-state index in [4.69, 9.17) is 0 Å². The zero-order chi connectivity index (χ0) is 24.9. The van der Waals surface area contributed by atoms with Crippen molar-refractivity contribution < 1.29 is 4.79 Å². The van der Waals surface area contributed by atoms with Crippen LogP contribution in [0, 0.1) is 0 Å². The van der Waals surface area contributed by atoms with Crippen LogP contribution >= 0.6 is 0 Å². The average Bonchev–Trinajstić information content (AvgIpc) is 3.32. The molecule has 9 nitrogen and oxygen atoms in total. The lowest BCUT2D eigenvalue weighted by Gasteiger charge is -2.18. The van der Waals surface area contributed by atoms with Gasteiger partial charge in [0.05, 0.1) is 18.3 Å². The van der Waals surface area contributed by atoms with E-state index in [9.17, 15) is 4.79 Å². The van der Waals surface area contributed by atoms with Crippen LogP contribution in [0.2, 0.25) is 0 Å². The Balaban J connectivity index is 1.31. The maximum atomic E-state index is 11.4. The van der Waals surface area contributed by atoms with Crippen LogP contribution in [-0.2, 0) is 11.3 Å². The van der Waals surface area contributed by atoms with Crippen molar-refractivity contribution in [1.82, 2.24) is 24.7 Å². The summed E-state index contributed by atoms with van der Waals surface area (Å²) in [5.41, 5.74) is 4.63. The molecule has 0 fully saturated rings. The molecule has 0 aliphatic carbocycles. The molecule has 5 aromatic rings. The van der Waals surface area contributed by atoms with Crippen LogP contribution in [0.4, 0.5) is 29.0 Å². The molecule has 0 bridgehead atoms. The Labute approximate surface area is 208 Å². The quantitative estimate of drug-likeness (QED) is 0.307. The summed E-state index contributed by atoms with van der Waals surface area (Å²) in [5, 5.41) is 11.5. The minimum absolute atomic E-state index is 0.261. The highest BCUT2D eigenvalue weighted by atomic mass is 16.1. The average molecular weight is 477 g/mol. The van der Waals surface area contributed by atoms with Crippen molar-refractivity contribution in [3.63, 3.8) is 0 Å². The summed E-state index contributed by atoms with van der Waals surface area (Å²) in [6, 6.07) is 23.6. The second-order valence-electron chi connectivity index (χ2n) is 8.09. The normalized spacial score (nSPS) is 10.7. The smallest absolute Gasteiger partial charge is 0.247 e. The fraction of sp³-hybridized carbons (Fsp3) is 0.0741. The minimum Gasteiger partial charge on any atom is -0.324 e. The van der Waals surface area contributed by atoms with E-state index in [0.29, 0.717) is 24.1 Å². The number of nitrogens with one attached hydrogen (secondary N) is 2. The first-order valence-electron chi connectivity index (χ1n) is 11.3. The zero-order valence-corrected chi connectivity index (χ0v) is 19.7. The molecule has 0 saturated carbocycles. The number of fused-ring (bicyclic) bond motifs is 1. The summed E-state index contributed by atoms with van der Waals surface area (Å²) >= 11 is 0. The van der Waals surface area contributed by atoms with Crippen molar-refractivity contribution in [3.05, 3.63) is 104 Å². The van der Waals surface area contributed by atoms with Gasteiger partial charge in [-0.2, -0.15) is 10.1 Å². The maximum absolute atomic E-state index is 11.4. The predicted molar refractivity (Wildman–Crippen MR) is 142 cm³/mol. The second kappa shape index (κ2) is 10.1. The molecular weight excluding hydrogens is 452 g/mol. The molecule has 5 rings (SSSR count).